The number of imidazole rings is 1. The molecule has 0 saturated carbocycles. The Kier molecular flexibility index (Phi) is 7.06. The molecule has 4 rings (SSSR count). The van der Waals surface area contributed by atoms with E-state index < -0.39 is 11.2 Å². The second-order valence-corrected chi connectivity index (χ2v) is 8.65. The van der Waals surface area contributed by atoms with Crippen LogP contribution in [0.3, 0.4) is 0 Å². The summed E-state index contributed by atoms with van der Waals surface area (Å²) in [5.74, 6) is 0.125. The molecule has 0 atom stereocenters. The van der Waals surface area contributed by atoms with Gasteiger partial charge in [-0.05, 0) is 78.0 Å². The predicted molar refractivity (Wildman–Crippen MR) is 128 cm³/mol. The van der Waals surface area contributed by atoms with Crippen LogP contribution < -0.4 is 15.7 Å². The standard InChI is InChI=1S/C24H19F3N4O4S/c1-35-18-6-2-16(3-7-18)22(33)29-20-12-15(10-11-28-20)13-30-14-21(32)31(23(30)34)17-4-8-19(9-5-17)36-24(25,26)27/h2-12,14,32H,13H2,1H3,(H,28,29,33). The maximum Gasteiger partial charge on any atom is 0.446 e. The Morgan fingerprint density at radius 2 is 1.81 bits per heavy atom. The van der Waals surface area contributed by atoms with Gasteiger partial charge in [0.15, 0.2) is 0 Å². The molecule has 0 fully saturated rings. The van der Waals surface area contributed by atoms with E-state index >= 15 is 0 Å². The number of thioether (sulfide) groups is 1. The zero-order valence-corrected chi connectivity index (χ0v) is 19.5. The van der Waals surface area contributed by atoms with E-state index in [2.05, 4.69) is 10.3 Å². The van der Waals surface area contributed by atoms with Gasteiger partial charge in [-0.2, -0.15) is 13.2 Å². The molecule has 0 aliphatic rings. The predicted octanol–water partition coefficient (Wildman–Crippen LogP) is 4.66. The largest absolute Gasteiger partial charge is 0.497 e. The van der Waals surface area contributed by atoms with Crippen molar-refractivity contribution >= 4 is 23.5 Å². The first kappa shape index (κ1) is 24.9. The zero-order valence-electron chi connectivity index (χ0n) is 18.7. The van der Waals surface area contributed by atoms with Crippen molar-refractivity contribution in [1.29, 1.82) is 0 Å². The van der Waals surface area contributed by atoms with Crippen molar-refractivity contribution in [2.24, 2.45) is 0 Å². The van der Waals surface area contributed by atoms with Crippen molar-refractivity contribution < 1.29 is 27.8 Å². The van der Waals surface area contributed by atoms with Gasteiger partial charge < -0.3 is 15.2 Å². The minimum absolute atomic E-state index is 0.0424. The number of anilines is 1. The molecular formula is C24H19F3N4O4S. The summed E-state index contributed by atoms with van der Waals surface area (Å²) in [5, 5.41) is 13.0. The molecule has 0 bridgehead atoms. The first-order valence-corrected chi connectivity index (χ1v) is 11.2. The number of aromatic nitrogens is 3. The molecule has 4 aromatic rings. The number of nitrogens with one attached hydrogen (secondary N) is 1. The summed E-state index contributed by atoms with van der Waals surface area (Å²) < 4.78 is 44.9. The van der Waals surface area contributed by atoms with Crippen LogP contribution in [0.25, 0.3) is 5.69 Å². The number of rotatable bonds is 7. The third kappa shape index (κ3) is 5.89. The number of hydrogen-bond acceptors (Lipinski definition) is 6. The monoisotopic (exact) mass is 516 g/mol. The number of carbonyl (C=O) groups excluding carboxylic acids is 1. The van der Waals surface area contributed by atoms with E-state index in [1.165, 1.54) is 48.3 Å². The second kappa shape index (κ2) is 10.2. The fraction of sp³-hybridized carbons (Fsp3) is 0.125. The minimum Gasteiger partial charge on any atom is -0.497 e. The molecule has 0 aliphatic heterocycles. The average Bonchev–Trinajstić information content (AvgIpc) is 3.11. The Bertz CT molecular complexity index is 1430. The molecule has 186 valence electrons. The van der Waals surface area contributed by atoms with Crippen LogP contribution >= 0.6 is 11.8 Å². The average molecular weight is 517 g/mol. The topological polar surface area (TPSA) is 98.4 Å². The second-order valence-electron chi connectivity index (χ2n) is 7.51. The summed E-state index contributed by atoms with van der Waals surface area (Å²) in [7, 11) is 1.52. The van der Waals surface area contributed by atoms with Crippen LogP contribution in [0.1, 0.15) is 15.9 Å². The molecule has 0 aliphatic carbocycles. The van der Waals surface area contributed by atoms with Crippen LogP contribution in [-0.4, -0.2) is 37.8 Å². The Morgan fingerprint density at radius 1 is 1.11 bits per heavy atom. The number of ether oxygens (including phenoxy) is 1. The quantitative estimate of drug-likeness (QED) is 0.347. The number of carbonyl (C=O) groups is 1. The van der Waals surface area contributed by atoms with Crippen LogP contribution in [0.5, 0.6) is 11.6 Å². The molecule has 36 heavy (non-hydrogen) atoms. The number of halogens is 3. The number of amides is 1. The molecular weight excluding hydrogens is 497 g/mol. The van der Waals surface area contributed by atoms with Crippen LogP contribution in [0.2, 0.25) is 0 Å². The Morgan fingerprint density at radius 3 is 2.44 bits per heavy atom. The molecule has 0 spiro atoms. The van der Waals surface area contributed by atoms with E-state index in [1.54, 1.807) is 36.4 Å². The molecule has 2 heterocycles. The summed E-state index contributed by atoms with van der Waals surface area (Å²) in [6, 6.07) is 14.8. The molecule has 0 unspecified atom stereocenters. The van der Waals surface area contributed by atoms with Crippen molar-refractivity contribution in [3.05, 3.63) is 94.7 Å². The molecule has 2 N–H and O–H groups in total. The Labute approximate surface area is 207 Å². The Hall–Kier alpha value is -4.19. The van der Waals surface area contributed by atoms with Crippen LogP contribution in [0.4, 0.5) is 19.0 Å². The molecule has 8 nitrogen and oxygen atoms in total. The fourth-order valence-corrected chi connectivity index (χ4v) is 3.94. The highest BCUT2D eigenvalue weighted by Crippen LogP contribution is 2.37. The minimum atomic E-state index is -4.43. The maximum absolute atomic E-state index is 12.9. The van der Waals surface area contributed by atoms with Gasteiger partial charge in [-0.25, -0.2) is 14.3 Å². The van der Waals surface area contributed by atoms with Crippen molar-refractivity contribution in [2.75, 3.05) is 12.4 Å². The van der Waals surface area contributed by atoms with Crippen LogP contribution in [-0.2, 0) is 6.54 Å². The van der Waals surface area contributed by atoms with Crippen LogP contribution in [0, 0.1) is 0 Å². The first-order valence-electron chi connectivity index (χ1n) is 10.4. The van der Waals surface area contributed by atoms with Crippen LogP contribution in [0.15, 0.2) is 82.7 Å². The molecule has 2 aromatic heterocycles. The van der Waals surface area contributed by atoms with E-state index in [1.807, 2.05) is 0 Å². The van der Waals surface area contributed by atoms with Crippen molar-refractivity contribution in [2.45, 2.75) is 16.9 Å². The summed E-state index contributed by atoms with van der Waals surface area (Å²) in [4.78, 5) is 29.5. The van der Waals surface area contributed by atoms with Gasteiger partial charge in [-0.1, -0.05) is 0 Å². The molecule has 0 saturated heterocycles. The lowest BCUT2D eigenvalue weighted by Gasteiger charge is -2.08. The van der Waals surface area contributed by atoms with E-state index in [4.69, 9.17) is 4.74 Å². The van der Waals surface area contributed by atoms with E-state index in [0.717, 1.165) is 4.57 Å². The van der Waals surface area contributed by atoms with Gasteiger partial charge in [0.1, 0.15) is 11.6 Å². The highest BCUT2D eigenvalue weighted by molar-refractivity contribution is 8.00. The van der Waals surface area contributed by atoms with Crippen molar-refractivity contribution in [3.8, 4) is 17.3 Å². The maximum atomic E-state index is 12.9. The van der Waals surface area contributed by atoms with Gasteiger partial charge >= 0.3 is 11.2 Å². The van der Waals surface area contributed by atoms with E-state index in [0.29, 0.717) is 16.9 Å². The number of benzene rings is 2. The van der Waals surface area contributed by atoms with Crippen molar-refractivity contribution in [3.63, 3.8) is 0 Å². The van der Waals surface area contributed by atoms with Gasteiger partial charge in [0.25, 0.3) is 5.91 Å². The van der Waals surface area contributed by atoms with Gasteiger partial charge in [0.05, 0.1) is 25.5 Å². The lowest BCUT2D eigenvalue weighted by molar-refractivity contribution is -0.0328. The number of nitrogens with zero attached hydrogens (tertiary/aromatic N) is 3. The summed E-state index contributed by atoms with van der Waals surface area (Å²) in [6.45, 7) is 0.0509. The van der Waals surface area contributed by atoms with Gasteiger partial charge in [0.2, 0.25) is 5.88 Å². The SMILES string of the molecule is COc1ccc(C(=O)Nc2cc(Cn3cc(O)n(-c4ccc(SC(F)(F)F)cc4)c3=O)ccn2)cc1. The Balaban J connectivity index is 1.50. The molecule has 1 amide bonds. The summed E-state index contributed by atoms with van der Waals surface area (Å²) >= 11 is -0.271. The van der Waals surface area contributed by atoms with E-state index in [9.17, 15) is 27.9 Å². The molecule has 0 radical (unpaired) electrons. The smallest absolute Gasteiger partial charge is 0.446 e. The normalized spacial score (nSPS) is 11.3. The number of hydrogen-bond donors (Lipinski definition) is 2. The third-order valence-electron chi connectivity index (χ3n) is 5.04. The highest BCUT2D eigenvalue weighted by Gasteiger charge is 2.29. The highest BCUT2D eigenvalue weighted by atomic mass is 32.2. The van der Waals surface area contributed by atoms with Crippen molar-refractivity contribution in [1.82, 2.24) is 14.1 Å². The number of methoxy groups -OCH3 is 1. The van der Waals surface area contributed by atoms with Gasteiger partial charge in [-0.15, -0.1) is 0 Å². The lowest BCUT2D eigenvalue weighted by atomic mass is 10.2. The number of pyridine rings is 1. The van der Waals surface area contributed by atoms with E-state index in [-0.39, 0.29) is 46.5 Å². The summed E-state index contributed by atoms with van der Waals surface area (Å²) in [6.07, 6.45) is 2.69. The fourth-order valence-electron chi connectivity index (χ4n) is 3.40. The molecule has 12 heteroatoms. The first-order chi connectivity index (χ1) is 17.1. The van der Waals surface area contributed by atoms with Gasteiger partial charge in [0, 0.05) is 16.7 Å². The zero-order chi connectivity index (χ0) is 25.9. The van der Waals surface area contributed by atoms with Gasteiger partial charge in [-0.3, -0.25) is 9.36 Å². The summed E-state index contributed by atoms with van der Waals surface area (Å²) in [5.41, 5.74) is -3.79. The number of alkyl halides is 3. The molecule has 2 aromatic carbocycles. The lowest BCUT2D eigenvalue weighted by Crippen LogP contribution is -2.23. The number of aromatic hydroxyl groups is 1. The third-order valence-corrected chi connectivity index (χ3v) is 5.78.